The first-order chi connectivity index (χ1) is 7.29. The van der Waals surface area contributed by atoms with Crippen molar-refractivity contribution in [3.63, 3.8) is 0 Å². The highest BCUT2D eigenvalue weighted by Gasteiger charge is 2.50. The lowest BCUT2D eigenvalue weighted by Crippen LogP contribution is -2.59. The number of rotatable bonds is 1. The predicted molar refractivity (Wildman–Crippen MR) is 53.9 cm³/mol. The minimum atomic E-state index is -0.0666. The molecule has 3 rings (SSSR count). The molecule has 0 aromatic carbocycles. The van der Waals surface area contributed by atoms with E-state index in [0.29, 0.717) is 0 Å². The van der Waals surface area contributed by atoms with Crippen LogP contribution < -0.4 is 5.32 Å². The summed E-state index contributed by atoms with van der Waals surface area (Å²) in [5.74, 6) is -0.0205. The van der Waals surface area contributed by atoms with Crippen LogP contribution in [0.25, 0.3) is 0 Å². The van der Waals surface area contributed by atoms with Gasteiger partial charge in [-0.25, -0.2) is 0 Å². The second kappa shape index (κ2) is 3.17. The monoisotopic (exact) mass is 206 g/mol. The summed E-state index contributed by atoms with van der Waals surface area (Å²) in [5.41, 5.74) is 0. The van der Waals surface area contributed by atoms with E-state index in [4.69, 9.17) is 0 Å². The largest absolute Gasteiger partial charge is 0.313 e. The van der Waals surface area contributed by atoms with Crippen molar-refractivity contribution in [2.75, 3.05) is 13.1 Å². The van der Waals surface area contributed by atoms with Gasteiger partial charge in [0.1, 0.15) is 0 Å². The van der Waals surface area contributed by atoms with Crippen LogP contribution in [0.4, 0.5) is 0 Å². The van der Waals surface area contributed by atoms with Gasteiger partial charge in [-0.1, -0.05) is 12.2 Å². The summed E-state index contributed by atoms with van der Waals surface area (Å²) in [7, 11) is 0. The number of amides is 2. The van der Waals surface area contributed by atoms with Crippen molar-refractivity contribution in [1.82, 2.24) is 10.2 Å². The van der Waals surface area contributed by atoms with Crippen molar-refractivity contribution in [2.24, 2.45) is 11.8 Å². The number of fused-ring (bicyclic) bond motifs is 1. The molecule has 0 unspecified atom stereocenters. The number of nitrogens with zero attached hydrogens (tertiary/aromatic N) is 1. The summed E-state index contributed by atoms with van der Waals surface area (Å²) in [6.45, 7) is 1.54. The minimum absolute atomic E-state index is 0.0563. The zero-order valence-electron chi connectivity index (χ0n) is 8.48. The third-order valence-corrected chi connectivity index (χ3v) is 3.67. The SMILES string of the molecule is O=C1[C@H]2CC=CC[C@H]2C(=O)N1C1CNC1. The van der Waals surface area contributed by atoms with Crippen LogP contribution in [0.5, 0.6) is 0 Å². The molecule has 2 atom stereocenters. The Morgan fingerprint density at radius 1 is 1.07 bits per heavy atom. The predicted octanol–water partition coefficient (Wildman–Crippen LogP) is -0.0906. The van der Waals surface area contributed by atoms with Crippen LogP contribution in [-0.4, -0.2) is 35.8 Å². The van der Waals surface area contributed by atoms with Crippen LogP contribution in [0.15, 0.2) is 12.2 Å². The number of allylic oxidation sites excluding steroid dienone is 2. The smallest absolute Gasteiger partial charge is 0.233 e. The van der Waals surface area contributed by atoms with Crippen molar-refractivity contribution < 1.29 is 9.59 Å². The lowest BCUT2D eigenvalue weighted by molar-refractivity contribution is -0.143. The average molecular weight is 206 g/mol. The van der Waals surface area contributed by atoms with Crippen LogP contribution >= 0.6 is 0 Å². The fourth-order valence-electron chi connectivity index (χ4n) is 2.64. The van der Waals surface area contributed by atoms with E-state index in [1.165, 1.54) is 4.90 Å². The molecule has 3 aliphatic rings. The van der Waals surface area contributed by atoms with Crippen LogP contribution in [0, 0.1) is 11.8 Å². The lowest BCUT2D eigenvalue weighted by atomic mass is 9.85. The van der Waals surface area contributed by atoms with Gasteiger partial charge in [-0.3, -0.25) is 14.5 Å². The standard InChI is InChI=1S/C11H14N2O2/c14-10-8-3-1-2-4-9(8)11(15)13(10)7-5-12-6-7/h1-2,7-9,12H,3-6H2/t8-,9+. The molecular weight excluding hydrogens is 192 g/mol. The summed E-state index contributed by atoms with van der Waals surface area (Å²) in [4.78, 5) is 25.6. The fourth-order valence-corrected chi connectivity index (χ4v) is 2.64. The second-order valence-electron chi connectivity index (χ2n) is 4.51. The van der Waals surface area contributed by atoms with Crippen molar-refractivity contribution in [3.8, 4) is 0 Å². The molecule has 1 N–H and O–H groups in total. The highest BCUT2D eigenvalue weighted by atomic mass is 16.2. The lowest BCUT2D eigenvalue weighted by Gasteiger charge is -2.34. The molecule has 80 valence electrons. The number of likely N-dealkylation sites (tertiary alicyclic amines) is 1. The van der Waals surface area contributed by atoms with Crippen molar-refractivity contribution in [2.45, 2.75) is 18.9 Å². The Balaban J connectivity index is 1.87. The Morgan fingerprint density at radius 3 is 2.00 bits per heavy atom. The molecular formula is C11H14N2O2. The zero-order chi connectivity index (χ0) is 10.4. The number of nitrogens with one attached hydrogen (secondary N) is 1. The van der Waals surface area contributed by atoms with Gasteiger partial charge in [-0.05, 0) is 12.8 Å². The summed E-state index contributed by atoms with van der Waals surface area (Å²) in [6.07, 6.45) is 5.53. The van der Waals surface area contributed by atoms with Crippen LogP contribution in [0.3, 0.4) is 0 Å². The Morgan fingerprint density at radius 2 is 1.60 bits per heavy atom. The quantitative estimate of drug-likeness (QED) is 0.482. The molecule has 0 aromatic heterocycles. The van der Waals surface area contributed by atoms with E-state index in [1.807, 2.05) is 12.2 Å². The highest BCUT2D eigenvalue weighted by Crippen LogP contribution is 2.36. The average Bonchev–Trinajstić information content (AvgIpc) is 2.42. The number of hydrogen-bond acceptors (Lipinski definition) is 3. The van der Waals surface area contributed by atoms with Crippen LogP contribution in [-0.2, 0) is 9.59 Å². The molecule has 15 heavy (non-hydrogen) atoms. The van der Waals surface area contributed by atoms with Crippen molar-refractivity contribution in [1.29, 1.82) is 0 Å². The number of hydrogen-bond donors (Lipinski definition) is 1. The van der Waals surface area contributed by atoms with Crippen molar-refractivity contribution in [3.05, 3.63) is 12.2 Å². The molecule has 2 fully saturated rings. The Hall–Kier alpha value is -1.16. The molecule has 4 nitrogen and oxygen atoms in total. The van der Waals surface area contributed by atoms with E-state index in [9.17, 15) is 9.59 Å². The summed E-state index contributed by atoms with van der Waals surface area (Å²) < 4.78 is 0. The van der Waals surface area contributed by atoms with Gasteiger partial charge in [0.05, 0.1) is 17.9 Å². The zero-order valence-corrected chi connectivity index (χ0v) is 8.48. The molecule has 2 aliphatic heterocycles. The Kier molecular flexibility index (Phi) is 1.92. The first kappa shape index (κ1) is 9.09. The molecule has 0 bridgehead atoms. The second-order valence-corrected chi connectivity index (χ2v) is 4.51. The molecule has 2 saturated heterocycles. The third kappa shape index (κ3) is 1.17. The highest BCUT2D eigenvalue weighted by molar-refractivity contribution is 6.05. The maximum atomic E-state index is 12.0. The van der Waals surface area contributed by atoms with Crippen molar-refractivity contribution >= 4 is 11.8 Å². The molecule has 1 aliphatic carbocycles. The number of carbonyl (C=O) groups is 2. The molecule has 0 spiro atoms. The molecule has 0 saturated carbocycles. The van der Waals surface area contributed by atoms with E-state index >= 15 is 0 Å². The van der Waals surface area contributed by atoms with Gasteiger partial charge in [-0.2, -0.15) is 0 Å². The van der Waals surface area contributed by atoms with Gasteiger partial charge in [0.2, 0.25) is 11.8 Å². The molecule has 0 aromatic rings. The van der Waals surface area contributed by atoms with E-state index in [2.05, 4.69) is 5.32 Å². The maximum Gasteiger partial charge on any atom is 0.233 e. The molecule has 4 heteroatoms. The van der Waals surface area contributed by atoms with Gasteiger partial charge in [0.15, 0.2) is 0 Å². The van der Waals surface area contributed by atoms with Gasteiger partial charge < -0.3 is 5.32 Å². The fraction of sp³-hybridized carbons (Fsp3) is 0.636. The minimum Gasteiger partial charge on any atom is -0.313 e. The van der Waals surface area contributed by atoms with Gasteiger partial charge in [0.25, 0.3) is 0 Å². The van der Waals surface area contributed by atoms with Crippen LogP contribution in [0.1, 0.15) is 12.8 Å². The van der Waals surface area contributed by atoms with E-state index in [0.717, 1.165) is 25.9 Å². The van der Waals surface area contributed by atoms with E-state index in [1.54, 1.807) is 0 Å². The first-order valence-corrected chi connectivity index (χ1v) is 5.51. The molecule has 0 radical (unpaired) electrons. The summed E-state index contributed by atoms with van der Waals surface area (Å²) in [5, 5.41) is 3.10. The normalized spacial score (nSPS) is 35.6. The summed E-state index contributed by atoms with van der Waals surface area (Å²) in [6, 6.07) is 0.121. The van der Waals surface area contributed by atoms with E-state index < -0.39 is 0 Å². The van der Waals surface area contributed by atoms with Gasteiger partial charge in [-0.15, -0.1) is 0 Å². The number of carbonyl (C=O) groups excluding carboxylic acids is 2. The summed E-state index contributed by atoms with van der Waals surface area (Å²) >= 11 is 0. The Labute approximate surface area is 88.3 Å². The molecule has 2 amide bonds. The molecule has 2 heterocycles. The van der Waals surface area contributed by atoms with Gasteiger partial charge in [0, 0.05) is 13.1 Å². The van der Waals surface area contributed by atoms with Gasteiger partial charge >= 0.3 is 0 Å². The van der Waals surface area contributed by atoms with E-state index in [-0.39, 0.29) is 29.7 Å². The Bertz CT molecular complexity index is 320. The van der Waals surface area contributed by atoms with Crippen LogP contribution in [0.2, 0.25) is 0 Å². The third-order valence-electron chi connectivity index (χ3n) is 3.67. The number of imide groups is 1. The maximum absolute atomic E-state index is 12.0. The topological polar surface area (TPSA) is 49.4 Å². The first-order valence-electron chi connectivity index (χ1n) is 5.51.